The normalized spacial score (nSPS) is 11.6. The lowest BCUT2D eigenvalue weighted by atomic mass is 10.1. The molecule has 4 nitrogen and oxygen atoms in total. The van der Waals surface area contributed by atoms with Crippen LogP contribution in [-0.4, -0.2) is 29.8 Å². The van der Waals surface area contributed by atoms with Crippen LogP contribution in [0.2, 0.25) is 0 Å². The maximum atomic E-state index is 10.1. The van der Waals surface area contributed by atoms with Gasteiger partial charge in [0, 0.05) is 18.6 Å². The van der Waals surface area contributed by atoms with E-state index in [0.717, 1.165) is 0 Å². The Hall–Kier alpha value is -0.610. The van der Waals surface area contributed by atoms with E-state index in [4.69, 9.17) is 15.6 Å². The summed E-state index contributed by atoms with van der Waals surface area (Å²) in [5, 5.41) is 8.29. The molecule has 3 N–H and O–H groups in total. The second-order valence-corrected chi connectivity index (χ2v) is 3.54. The Morgan fingerprint density at radius 3 is 2.58 bits per heavy atom. The Bertz CT molecular complexity index is 140. The van der Waals surface area contributed by atoms with E-state index in [-0.39, 0.29) is 12.0 Å². The zero-order valence-corrected chi connectivity index (χ0v) is 7.67. The number of nitrogens with two attached hydrogens (primary N) is 1. The molecular weight excluding hydrogens is 158 g/mol. The first-order chi connectivity index (χ1) is 5.42. The molecule has 0 fully saturated rings. The number of carboxylic acids is 1. The first kappa shape index (κ1) is 11.4. The molecule has 0 atom stereocenters. The smallest absolute Gasteiger partial charge is 0.303 e. The van der Waals surface area contributed by atoms with Crippen molar-refractivity contribution in [3.8, 4) is 0 Å². The van der Waals surface area contributed by atoms with Crippen molar-refractivity contribution in [2.45, 2.75) is 32.2 Å². The summed E-state index contributed by atoms with van der Waals surface area (Å²) < 4.78 is 5.16. The van der Waals surface area contributed by atoms with Crippen LogP contribution in [0.1, 0.15) is 26.7 Å². The summed E-state index contributed by atoms with van der Waals surface area (Å²) in [7, 11) is 0. The quantitative estimate of drug-likeness (QED) is 0.580. The summed E-state index contributed by atoms with van der Waals surface area (Å²) in [5.74, 6) is -0.786. The van der Waals surface area contributed by atoms with E-state index in [9.17, 15) is 4.79 Å². The number of ether oxygens (including phenoxy) is 1. The van der Waals surface area contributed by atoms with E-state index in [0.29, 0.717) is 19.6 Å². The number of aliphatic carboxylic acids is 1. The van der Waals surface area contributed by atoms with Gasteiger partial charge in [-0.3, -0.25) is 4.79 Å². The predicted molar refractivity (Wildman–Crippen MR) is 46.0 cm³/mol. The summed E-state index contributed by atoms with van der Waals surface area (Å²) in [6, 6.07) is 0. The van der Waals surface area contributed by atoms with Crippen molar-refractivity contribution in [1.82, 2.24) is 0 Å². The third-order valence-electron chi connectivity index (χ3n) is 1.15. The molecule has 0 saturated carbocycles. The molecule has 0 aromatic carbocycles. The average Bonchev–Trinajstić information content (AvgIpc) is 1.83. The third kappa shape index (κ3) is 9.39. The number of hydrogen-bond donors (Lipinski definition) is 2. The van der Waals surface area contributed by atoms with E-state index in [2.05, 4.69) is 0 Å². The molecule has 72 valence electrons. The van der Waals surface area contributed by atoms with Gasteiger partial charge in [-0.2, -0.15) is 0 Å². The molecule has 0 aliphatic carbocycles. The largest absolute Gasteiger partial charge is 0.481 e. The fraction of sp³-hybridized carbons (Fsp3) is 0.875. The Morgan fingerprint density at radius 2 is 2.17 bits per heavy atom. The second-order valence-electron chi connectivity index (χ2n) is 3.54. The lowest BCUT2D eigenvalue weighted by Gasteiger charge is -2.17. The Morgan fingerprint density at radius 1 is 1.58 bits per heavy atom. The summed E-state index contributed by atoms with van der Waals surface area (Å²) in [6.45, 7) is 4.66. The number of rotatable bonds is 6. The van der Waals surface area contributed by atoms with Crippen LogP contribution in [0.4, 0.5) is 0 Å². The Kier molecular flexibility index (Phi) is 4.85. The van der Waals surface area contributed by atoms with Crippen molar-refractivity contribution in [3.63, 3.8) is 0 Å². The highest BCUT2D eigenvalue weighted by Gasteiger charge is 2.09. The molecule has 0 aliphatic rings. The Balaban J connectivity index is 3.17. The topological polar surface area (TPSA) is 72.5 Å². The summed E-state index contributed by atoms with van der Waals surface area (Å²) in [4.78, 5) is 10.1. The van der Waals surface area contributed by atoms with Gasteiger partial charge in [0.1, 0.15) is 0 Å². The molecule has 0 rings (SSSR count). The molecule has 0 unspecified atom stereocenters. The van der Waals surface area contributed by atoms with Gasteiger partial charge in [-0.15, -0.1) is 0 Å². The van der Waals surface area contributed by atoms with Gasteiger partial charge in [-0.1, -0.05) is 0 Å². The van der Waals surface area contributed by atoms with Gasteiger partial charge in [0.25, 0.3) is 0 Å². The first-order valence-corrected chi connectivity index (χ1v) is 4.00. The van der Waals surface area contributed by atoms with Crippen molar-refractivity contribution in [2.75, 3.05) is 13.2 Å². The van der Waals surface area contributed by atoms with E-state index in [1.807, 2.05) is 13.8 Å². The molecule has 0 spiro atoms. The van der Waals surface area contributed by atoms with Crippen LogP contribution >= 0.6 is 0 Å². The van der Waals surface area contributed by atoms with Gasteiger partial charge < -0.3 is 15.6 Å². The molecule has 0 amide bonds. The lowest BCUT2D eigenvalue weighted by Crippen LogP contribution is -2.37. The SMILES string of the molecule is CC(C)(N)COCCCC(=O)O. The number of hydrogen-bond acceptors (Lipinski definition) is 3. The van der Waals surface area contributed by atoms with Gasteiger partial charge in [0.15, 0.2) is 0 Å². The Labute approximate surface area is 72.7 Å². The van der Waals surface area contributed by atoms with Crippen molar-refractivity contribution >= 4 is 5.97 Å². The van der Waals surface area contributed by atoms with Crippen molar-refractivity contribution in [1.29, 1.82) is 0 Å². The standard InChI is InChI=1S/C8H17NO3/c1-8(2,9)6-12-5-3-4-7(10)11/h3-6,9H2,1-2H3,(H,10,11). The maximum Gasteiger partial charge on any atom is 0.303 e. The van der Waals surface area contributed by atoms with Crippen molar-refractivity contribution in [3.05, 3.63) is 0 Å². The van der Waals surface area contributed by atoms with Crippen LogP contribution in [-0.2, 0) is 9.53 Å². The van der Waals surface area contributed by atoms with E-state index in [1.54, 1.807) is 0 Å². The van der Waals surface area contributed by atoms with E-state index in [1.165, 1.54) is 0 Å². The molecule has 0 aromatic rings. The van der Waals surface area contributed by atoms with Gasteiger partial charge in [-0.05, 0) is 20.3 Å². The first-order valence-electron chi connectivity index (χ1n) is 4.00. The van der Waals surface area contributed by atoms with Crippen LogP contribution < -0.4 is 5.73 Å². The summed E-state index contributed by atoms with van der Waals surface area (Å²) >= 11 is 0. The zero-order valence-electron chi connectivity index (χ0n) is 7.67. The minimum atomic E-state index is -0.786. The van der Waals surface area contributed by atoms with Gasteiger partial charge in [0.05, 0.1) is 6.61 Å². The highest BCUT2D eigenvalue weighted by molar-refractivity contribution is 5.66. The monoisotopic (exact) mass is 175 g/mol. The second kappa shape index (κ2) is 5.11. The van der Waals surface area contributed by atoms with Crippen LogP contribution in [0.25, 0.3) is 0 Å². The average molecular weight is 175 g/mol. The fourth-order valence-corrected chi connectivity index (χ4v) is 0.661. The van der Waals surface area contributed by atoms with Gasteiger partial charge >= 0.3 is 5.97 Å². The fourth-order valence-electron chi connectivity index (χ4n) is 0.661. The maximum absolute atomic E-state index is 10.1. The molecule has 0 saturated heterocycles. The molecular formula is C8H17NO3. The van der Waals surface area contributed by atoms with Crippen LogP contribution in [0.3, 0.4) is 0 Å². The lowest BCUT2D eigenvalue weighted by molar-refractivity contribution is -0.137. The predicted octanol–water partition coefficient (Wildman–Crippen LogP) is 0.605. The van der Waals surface area contributed by atoms with Crippen LogP contribution in [0, 0.1) is 0 Å². The van der Waals surface area contributed by atoms with E-state index >= 15 is 0 Å². The van der Waals surface area contributed by atoms with Gasteiger partial charge in [0.2, 0.25) is 0 Å². The highest BCUT2D eigenvalue weighted by Crippen LogP contribution is 1.98. The van der Waals surface area contributed by atoms with Crippen LogP contribution in [0.15, 0.2) is 0 Å². The molecule has 12 heavy (non-hydrogen) atoms. The molecule has 0 radical (unpaired) electrons. The van der Waals surface area contributed by atoms with Crippen molar-refractivity contribution < 1.29 is 14.6 Å². The van der Waals surface area contributed by atoms with Gasteiger partial charge in [-0.25, -0.2) is 0 Å². The molecule has 0 heterocycles. The van der Waals surface area contributed by atoms with E-state index < -0.39 is 5.97 Å². The summed E-state index contributed by atoms with van der Waals surface area (Å²) in [5.41, 5.74) is 5.31. The summed E-state index contributed by atoms with van der Waals surface area (Å²) in [6.07, 6.45) is 0.705. The minimum Gasteiger partial charge on any atom is -0.481 e. The number of carbonyl (C=O) groups is 1. The molecule has 0 bridgehead atoms. The molecule has 0 aromatic heterocycles. The van der Waals surface area contributed by atoms with Crippen LogP contribution in [0.5, 0.6) is 0 Å². The minimum absolute atomic E-state index is 0.158. The highest BCUT2D eigenvalue weighted by atomic mass is 16.5. The molecule has 4 heteroatoms. The number of carboxylic acid groups (broad SMARTS) is 1. The molecule has 0 aliphatic heterocycles. The zero-order chi connectivity index (χ0) is 9.61. The third-order valence-corrected chi connectivity index (χ3v) is 1.15. The van der Waals surface area contributed by atoms with Crippen molar-refractivity contribution in [2.24, 2.45) is 5.73 Å².